The lowest BCUT2D eigenvalue weighted by Crippen LogP contribution is -2.38. The lowest BCUT2D eigenvalue weighted by molar-refractivity contribution is 0.236. The van der Waals surface area contributed by atoms with E-state index in [0.29, 0.717) is 11.4 Å². The molecule has 0 aliphatic rings. The van der Waals surface area contributed by atoms with E-state index in [4.69, 9.17) is 15.6 Å². The molecule has 0 atom stereocenters. The molecule has 0 aliphatic carbocycles. The summed E-state index contributed by atoms with van der Waals surface area (Å²) in [7, 11) is -2.25. The van der Waals surface area contributed by atoms with Gasteiger partial charge >= 0.3 is 0 Å². The van der Waals surface area contributed by atoms with Crippen LogP contribution >= 0.6 is 0 Å². The van der Waals surface area contributed by atoms with E-state index in [0.717, 1.165) is 0 Å². The molecule has 0 amide bonds. The van der Waals surface area contributed by atoms with Crippen molar-refractivity contribution in [2.75, 3.05) is 26.0 Å². The number of nitrogens with zero attached hydrogens (tertiary/aromatic N) is 1. The maximum Gasteiger partial charge on any atom is 0.243 e. The van der Waals surface area contributed by atoms with E-state index in [1.807, 2.05) is 0 Å². The van der Waals surface area contributed by atoms with Crippen LogP contribution in [0.5, 0.6) is 5.75 Å². The largest absolute Gasteiger partial charge is 0.495 e. The highest BCUT2D eigenvalue weighted by molar-refractivity contribution is 7.89. The number of nitrogen functional groups attached to an aromatic ring is 1. The van der Waals surface area contributed by atoms with Crippen LogP contribution in [0.3, 0.4) is 0 Å². The second kappa shape index (κ2) is 6.23. The number of nitrogens with two attached hydrogens (primary N) is 1. The minimum Gasteiger partial charge on any atom is -0.495 e. The summed E-state index contributed by atoms with van der Waals surface area (Å²) in [6.45, 7) is 3.32. The first kappa shape index (κ1) is 15.7. The Morgan fingerprint density at radius 1 is 1.42 bits per heavy atom. The molecule has 1 aromatic carbocycles. The summed E-state index contributed by atoms with van der Waals surface area (Å²) in [5.74, 6) is 0.314. The van der Waals surface area contributed by atoms with E-state index in [1.54, 1.807) is 13.8 Å². The maximum atomic E-state index is 12.5. The predicted octanol–water partition coefficient (Wildman–Crippen LogP) is 0.669. The summed E-state index contributed by atoms with van der Waals surface area (Å²) in [5, 5.41) is 8.99. The van der Waals surface area contributed by atoms with Crippen LogP contribution in [0.4, 0.5) is 5.69 Å². The highest BCUT2D eigenvalue weighted by Crippen LogP contribution is 2.27. The van der Waals surface area contributed by atoms with Crippen molar-refractivity contribution >= 4 is 15.7 Å². The minimum absolute atomic E-state index is 0.0483. The van der Waals surface area contributed by atoms with Crippen molar-refractivity contribution in [3.8, 4) is 5.75 Å². The molecule has 0 spiro atoms. The van der Waals surface area contributed by atoms with E-state index in [1.165, 1.54) is 29.6 Å². The number of benzene rings is 1. The number of aliphatic hydroxyl groups is 1. The van der Waals surface area contributed by atoms with Crippen molar-refractivity contribution in [3.63, 3.8) is 0 Å². The number of sulfonamides is 1. The summed E-state index contributed by atoms with van der Waals surface area (Å²) in [6.07, 6.45) is 0. The van der Waals surface area contributed by atoms with E-state index in [9.17, 15) is 8.42 Å². The van der Waals surface area contributed by atoms with Gasteiger partial charge in [0, 0.05) is 18.7 Å². The van der Waals surface area contributed by atoms with Crippen LogP contribution in [0.2, 0.25) is 0 Å². The minimum atomic E-state index is -3.67. The highest BCUT2D eigenvalue weighted by atomic mass is 32.2. The first-order chi connectivity index (χ1) is 8.84. The molecule has 1 rings (SSSR count). The van der Waals surface area contributed by atoms with E-state index in [-0.39, 0.29) is 24.1 Å². The van der Waals surface area contributed by atoms with Gasteiger partial charge in [-0.25, -0.2) is 8.42 Å². The second-order valence-electron chi connectivity index (χ2n) is 4.34. The molecule has 0 bridgehead atoms. The Kier molecular flexibility index (Phi) is 5.16. The summed E-state index contributed by atoms with van der Waals surface area (Å²) in [4.78, 5) is 0.0979. The molecular formula is C12H20N2O4S. The summed E-state index contributed by atoms with van der Waals surface area (Å²) < 4.78 is 31.2. The Labute approximate surface area is 113 Å². The molecule has 0 radical (unpaired) electrons. The predicted molar refractivity (Wildman–Crippen MR) is 73.5 cm³/mol. The number of rotatable bonds is 6. The average Bonchev–Trinajstić information content (AvgIpc) is 2.35. The first-order valence-electron chi connectivity index (χ1n) is 5.90. The molecule has 3 N–H and O–H groups in total. The molecule has 0 fully saturated rings. The number of hydrogen-bond acceptors (Lipinski definition) is 5. The zero-order chi connectivity index (χ0) is 14.6. The van der Waals surface area contributed by atoms with E-state index in [2.05, 4.69) is 0 Å². The van der Waals surface area contributed by atoms with Crippen molar-refractivity contribution < 1.29 is 18.3 Å². The molecule has 0 saturated heterocycles. The second-order valence-corrected chi connectivity index (χ2v) is 6.23. The SMILES string of the molecule is COc1cc(S(=O)(=O)N(CCO)C(C)C)ccc1N. The third kappa shape index (κ3) is 3.37. The number of methoxy groups -OCH3 is 1. The van der Waals surface area contributed by atoms with Gasteiger partial charge in [-0.05, 0) is 26.0 Å². The molecule has 0 saturated carbocycles. The third-order valence-corrected chi connectivity index (χ3v) is 4.78. The fourth-order valence-corrected chi connectivity index (χ4v) is 3.39. The van der Waals surface area contributed by atoms with Gasteiger partial charge in [0.1, 0.15) is 5.75 Å². The maximum absolute atomic E-state index is 12.5. The van der Waals surface area contributed by atoms with Gasteiger partial charge in [-0.1, -0.05) is 0 Å². The highest BCUT2D eigenvalue weighted by Gasteiger charge is 2.27. The topological polar surface area (TPSA) is 92.9 Å². The van der Waals surface area contributed by atoms with Crippen molar-refractivity contribution in [3.05, 3.63) is 18.2 Å². The van der Waals surface area contributed by atoms with Crippen molar-refractivity contribution in [1.82, 2.24) is 4.31 Å². The molecule has 0 unspecified atom stereocenters. The monoisotopic (exact) mass is 288 g/mol. The van der Waals surface area contributed by atoms with Gasteiger partial charge in [-0.15, -0.1) is 0 Å². The number of hydrogen-bond donors (Lipinski definition) is 2. The van der Waals surface area contributed by atoms with Crippen molar-refractivity contribution in [2.45, 2.75) is 24.8 Å². The summed E-state index contributed by atoms with van der Waals surface area (Å²) >= 11 is 0. The summed E-state index contributed by atoms with van der Waals surface area (Å²) in [6, 6.07) is 4.06. The Morgan fingerprint density at radius 3 is 2.53 bits per heavy atom. The Balaban J connectivity index is 3.25. The van der Waals surface area contributed by atoms with Crippen LogP contribution in [-0.2, 0) is 10.0 Å². The molecule has 6 nitrogen and oxygen atoms in total. The van der Waals surface area contributed by atoms with Gasteiger partial charge in [-0.3, -0.25) is 0 Å². The fourth-order valence-electron chi connectivity index (χ4n) is 1.74. The quantitative estimate of drug-likeness (QED) is 0.750. The molecule has 108 valence electrons. The third-order valence-electron chi connectivity index (χ3n) is 2.71. The number of anilines is 1. The average molecular weight is 288 g/mol. The van der Waals surface area contributed by atoms with Gasteiger partial charge in [0.15, 0.2) is 0 Å². The van der Waals surface area contributed by atoms with Crippen LogP contribution < -0.4 is 10.5 Å². The zero-order valence-corrected chi connectivity index (χ0v) is 12.1. The van der Waals surface area contributed by atoms with Gasteiger partial charge in [0.2, 0.25) is 10.0 Å². The van der Waals surface area contributed by atoms with Gasteiger partial charge in [0.05, 0.1) is 24.3 Å². The lowest BCUT2D eigenvalue weighted by atomic mass is 10.3. The Hall–Kier alpha value is -1.31. The van der Waals surface area contributed by atoms with Crippen molar-refractivity contribution in [2.24, 2.45) is 0 Å². The van der Waals surface area contributed by atoms with Crippen LogP contribution in [0.25, 0.3) is 0 Å². The van der Waals surface area contributed by atoms with Crippen molar-refractivity contribution in [1.29, 1.82) is 0 Å². The van der Waals surface area contributed by atoms with Crippen LogP contribution in [0, 0.1) is 0 Å². The molecule has 19 heavy (non-hydrogen) atoms. The van der Waals surface area contributed by atoms with E-state index >= 15 is 0 Å². The van der Waals surface area contributed by atoms with Crippen LogP contribution in [-0.4, -0.2) is 44.1 Å². The number of ether oxygens (including phenoxy) is 1. The molecule has 0 aromatic heterocycles. The smallest absolute Gasteiger partial charge is 0.243 e. The first-order valence-corrected chi connectivity index (χ1v) is 7.34. The lowest BCUT2D eigenvalue weighted by Gasteiger charge is -2.25. The molecular weight excluding hydrogens is 268 g/mol. The fraction of sp³-hybridized carbons (Fsp3) is 0.500. The molecule has 7 heteroatoms. The Bertz CT molecular complexity index is 529. The molecule has 1 aromatic rings. The van der Waals surface area contributed by atoms with E-state index < -0.39 is 10.0 Å². The molecule has 0 aliphatic heterocycles. The van der Waals surface area contributed by atoms with Crippen LogP contribution in [0.1, 0.15) is 13.8 Å². The zero-order valence-electron chi connectivity index (χ0n) is 11.3. The molecule has 0 heterocycles. The Morgan fingerprint density at radius 2 is 2.05 bits per heavy atom. The summed E-state index contributed by atoms with van der Waals surface area (Å²) in [5.41, 5.74) is 6.04. The van der Waals surface area contributed by atoms with Gasteiger partial charge in [-0.2, -0.15) is 4.31 Å². The van der Waals surface area contributed by atoms with Crippen LogP contribution in [0.15, 0.2) is 23.1 Å². The standard InChI is InChI=1S/C12H20N2O4S/c1-9(2)14(6-7-15)19(16,17)10-4-5-11(13)12(8-10)18-3/h4-5,8-9,15H,6-7,13H2,1-3H3. The number of aliphatic hydroxyl groups excluding tert-OH is 1. The van der Waals surface area contributed by atoms with Gasteiger partial charge < -0.3 is 15.6 Å². The van der Waals surface area contributed by atoms with Gasteiger partial charge in [0.25, 0.3) is 0 Å². The normalized spacial score (nSPS) is 12.1.